The van der Waals surface area contributed by atoms with Crippen molar-refractivity contribution in [2.75, 3.05) is 23.7 Å². The molecule has 5 rings (SSSR count). The number of fused-ring (bicyclic) bond motifs is 1. The second-order valence-electron chi connectivity index (χ2n) is 9.40. The van der Waals surface area contributed by atoms with Gasteiger partial charge in [0.05, 0.1) is 23.0 Å². The summed E-state index contributed by atoms with van der Waals surface area (Å²) in [6.07, 6.45) is 4.49. The lowest BCUT2D eigenvalue weighted by Crippen LogP contribution is -2.41. The molecule has 1 fully saturated rings. The molecule has 0 atom stereocenters. The van der Waals surface area contributed by atoms with Crippen LogP contribution < -0.4 is 10.6 Å². The van der Waals surface area contributed by atoms with E-state index in [0.717, 1.165) is 44.6 Å². The molecular weight excluding hydrogens is 457 g/mol. The zero-order chi connectivity index (χ0) is 23.3. The molecule has 8 heteroatoms. The summed E-state index contributed by atoms with van der Waals surface area (Å²) in [5.74, 6) is 0.994. The number of nitrogens with two attached hydrogens (primary N) is 1. The second-order valence-corrected chi connectivity index (χ2v) is 10.1. The molecule has 1 saturated heterocycles. The average molecular weight is 484 g/mol. The van der Waals surface area contributed by atoms with Crippen LogP contribution in [0.25, 0.3) is 11.3 Å². The van der Waals surface area contributed by atoms with Gasteiger partial charge in [-0.25, -0.2) is 15.0 Å². The first-order valence-electron chi connectivity index (χ1n) is 11.2. The van der Waals surface area contributed by atoms with Gasteiger partial charge in [-0.1, -0.05) is 47.0 Å². The van der Waals surface area contributed by atoms with Gasteiger partial charge >= 0.3 is 0 Å². The SMILES string of the molecule is Cc1ccc2c(c1)CC1(CCN(c3nc(C)c(-c4cc(N)nc(Cl)c4Cl)nc3CO)CC1)C2. The topological polar surface area (TPSA) is 88.2 Å². The van der Waals surface area contributed by atoms with Gasteiger partial charge in [-0.05, 0) is 62.1 Å². The van der Waals surface area contributed by atoms with Crippen molar-refractivity contribution in [3.63, 3.8) is 0 Å². The number of nitrogens with zero attached hydrogens (tertiary/aromatic N) is 4. The van der Waals surface area contributed by atoms with Crippen molar-refractivity contribution in [2.24, 2.45) is 5.41 Å². The van der Waals surface area contributed by atoms with Crippen LogP contribution in [0.5, 0.6) is 0 Å². The first kappa shape index (κ1) is 22.4. The lowest BCUT2D eigenvalue weighted by molar-refractivity contribution is 0.231. The molecule has 2 aromatic heterocycles. The maximum atomic E-state index is 10.1. The monoisotopic (exact) mass is 483 g/mol. The standard InChI is InChI=1S/C25H27Cl2N5O/c1-14-3-4-16-11-25(12-17(16)9-14)5-7-32(8-6-25)24-19(13-33)30-22(15(2)29-24)18-10-20(28)31-23(27)21(18)26/h3-4,9-10,33H,5-8,11-13H2,1-2H3,(H2,28,31). The van der Waals surface area contributed by atoms with E-state index in [1.807, 2.05) is 6.92 Å². The van der Waals surface area contributed by atoms with Crippen molar-refractivity contribution >= 4 is 34.8 Å². The number of benzene rings is 1. The Morgan fingerprint density at radius 1 is 1.03 bits per heavy atom. The minimum Gasteiger partial charge on any atom is -0.390 e. The van der Waals surface area contributed by atoms with E-state index in [1.54, 1.807) is 6.07 Å². The van der Waals surface area contributed by atoms with E-state index in [-0.39, 0.29) is 22.6 Å². The fourth-order valence-corrected chi connectivity index (χ4v) is 5.74. The number of piperidine rings is 1. The summed E-state index contributed by atoms with van der Waals surface area (Å²) in [5.41, 5.74) is 12.9. The summed E-state index contributed by atoms with van der Waals surface area (Å²) >= 11 is 12.5. The lowest BCUT2D eigenvalue weighted by atomic mass is 9.76. The maximum Gasteiger partial charge on any atom is 0.153 e. The molecule has 0 radical (unpaired) electrons. The number of rotatable bonds is 3. The Bertz CT molecular complexity index is 1240. The Hall–Kier alpha value is -2.41. The van der Waals surface area contributed by atoms with Crippen LogP contribution in [0.1, 0.15) is 40.9 Å². The first-order chi connectivity index (χ1) is 15.8. The number of halogens is 2. The average Bonchev–Trinajstić information content (AvgIpc) is 3.13. The van der Waals surface area contributed by atoms with E-state index in [1.165, 1.54) is 16.7 Å². The molecule has 0 saturated carbocycles. The Morgan fingerprint density at radius 2 is 1.76 bits per heavy atom. The van der Waals surface area contributed by atoms with Crippen LogP contribution in [-0.4, -0.2) is 33.1 Å². The minimum atomic E-state index is -0.214. The Kier molecular flexibility index (Phi) is 5.71. The van der Waals surface area contributed by atoms with Gasteiger partial charge in [0.15, 0.2) is 11.0 Å². The molecule has 0 bridgehead atoms. The van der Waals surface area contributed by atoms with Crippen molar-refractivity contribution < 1.29 is 5.11 Å². The van der Waals surface area contributed by atoms with Gasteiger partial charge in [0, 0.05) is 18.7 Å². The molecule has 1 aliphatic carbocycles. The third-order valence-electron chi connectivity index (χ3n) is 7.08. The van der Waals surface area contributed by atoms with Crippen LogP contribution in [0.4, 0.5) is 11.6 Å². The summed E-state index contributed by atoms with van der Waals surface area (Å²) < 4.78 is 0. The maximum absolute atomic E-state index is 10.1. The molecule has 3 aromatic rings. The number of hydrogen-bond donors (Lipinski definition) is 2. The zero-order valence-corrected chi connectivity index (χ0v) is 20.3. The number of aromatic nitrogens is 3. The first-order valence-corrected chi connectivity index (χ1v) is 12.0. The van der Waals surface area contributed by atoms with Gasteiger partial charge < -0.3 is 15.7 Å². The number of aryl methyl sites for hydroxylation is 2. The van der Waals surface area contributed by atoms with Gasteiger partial charge in [-0.15, -0.1) is 0 Å². The van der Waals surface area contributed by atoms with E-state index >= 15 is 0 Å². The molecule has 3 N–H and O–H groups in total. The summed E-state index contributed by atoms with van der Waals surface area (Å²) in [6, 6.07) is 8.50. The Balaban J connectivity index is 1.41. The van der Waals surface area contributed by atoms with E-state index < -0.39 is 0 Å². The molecule has 2 aliphatic rings. The van der Waals surface area contributed by atoms with Gasteiger partial charge in [-0.3, -0.25) is 0 Å². The third kappa shape index (κ3) is 4.05. The normalized spacial score (nSPS) is 16.9. The fourth-order valence-electron chi connectivity index (χ4n) is 5.35. The predicted octanol–water partition coefficient (Wildman–Crippen LogP) is 4.92. The Labute approximate surface area is 203 Å². The highest BCUT2D eigenvalue weighted by molar-refractivity contribution is 6.43. The molecule has 1 aromatic carbocycles. The highest BCUT2D eigenvalue weighted by Crippen LogP contribution is 2.45. The van der Waals surface area contributed by atoms with Crippen molar-refractivity contribution in [1.82, 2.24) is 15.0 Å². The molecule has 6 nitrogen and oxygen atoms in total. The molecule has 1 spiro atoms. The van der Waals surface area contributed by atoms with E-state index in [4.69, 9.17) is 38.9 Å². The quantitative estimate of drug-likeness (QED) is 0.513. The summed E-state index contributed by atoms with van der Waals surface area (Å²) in [4.78, 5) is 15.8. The summed E-state index contributed by atoms with van der Waals surface area (Å²) in [7, 11) is 0. The van der Waals surface area contributed by atoms with Crippen LogP contribution in [-0.2, 0) is 19.4 Å². The van der Waals surface area contributed by atoms with Crippen molar-refractivity contribution in [2.45, 2.75) is 46.1 Å². The van der Waals surface area contributed by atoms with Crippen molar-refractivity contribution in [3.05, 3.63) is 62.5 Å². The number of aliphatic hydroxyl groups excluding tert-OH is 1. The highest BCUT2D eigenvalue weighted by Gasteiger charge is 2.40. The largest absolute Gasteiger partial charge is 0.390 e. The minimum absolute atomic E-state index is 0.122. The van der Waals surface area contributed by atoms with E-state index in [9.17, 15) is 5.11 Å². The van der Waals surface area contributed by atoms with Gasteiger partial charge in [-0.2, -0.15) is 0 Å². The van der Waals surface area contributed by atoms with Gasteiger partial charge in [0.1, 0.15) is 11.5 Å². The molecule has 3 heterocycles. The summed E-state index contributed by atoms with van der Waals surface area (Å²) in [5, 5.41) is 10.5. The van der Waals surface area contributed by atoms with Crippen molar-refractivity contribution in [3.8, 4) is 11.3 Å². The zero-order valence-electron chi connectivity index (χ0n) is 18.8. The van der Waals surface area contributed by atoms with Gasteiger partial charge in [0.2, 0.25) is 0 Å². The third-order valence-corrected chi connectivity index (χ3v) is 7.83. The number of nitrogen functional groups attached to an aromatic ring is 1. The van der Waals surface area contributed by atoms with E-state index in [2.05, 4.69) is 35.0 Å². The van der Waals surface area contributed by atoms with Crippen LogP contribution in [0.2, 0.25) is 10.2 Å². The molecular formula is C25H27Cl2N5O. The van der Waals surface area contributed by atoms with Gasteiger partial charge in [0.25, 0.3) is 0 Å². The number of aliphatic hydroxyl groups is 1. The number of anilines is 2. The lowest BCUT2D eigenvalue weighted by Gasteiger charge is -2.40. The van der Waals surface area contributed by atoms with Crippen LogP contribution in [0, 0.1) is 19.3 Å². The van der Waals surface area contributed by atoms with Crippen LogP contribution >= 0.6 is 23.2 Å². The second kappa shape index (κ2) is 8.42. The van der Waals surface area contributed by atoms with Crippen LogP contribution in [0.15, 0.2) is 24.3 Å². The molecule has 0 amide bonds. The number of hydrogen-bond acceptors (Lipinski definition) is 6. The molecule has 172 valence electrons. The molecule has 1 aliphatic heterocycles. The summed E-state index contributed by atoms with van der Waals surface area (Å²) in [6.45, 7) is 5.62. The fraction of sp³-hybridized carbons (Fsp3) is 0.400. The number of pyridine rings is 1. The van der Waals surface area contributed by atoms with Crippen molar-refractivity contribution in [1.29, 1.82) is 0 Å². The highest BCUT2D eigenvalue weighted by atomic mass is 35.5. The smallest absolute Gasteiger partial charge is 0.153 e. The van der Waals surface area contributed by atoms with E-state index in [0.29, 0.717) is 28.1 Å². The Morgan fingerprint density at radius 3 is 2.48 bits per heavy atom. The molecule has 0 unspecified atom stereocenters. The van der Waals surface area contributed by atoms with Crippen LogP contribution in [0.3, 0.4) is 0 Å². The predicted molar refractivity (Wildman–Crippen MR) is 133 cm³/mol. The molecule has 33 heavy (non-hydrogen) atoms.